The van der Waals surface area contributed by atoms with Gasteiger partial charge in [0.05, 0.1) is 12.1 Å². The molecule has 0 spiro atoms. The Labute approximate surface area is 150 Å². The number of aromatic nitrogens is 2. The number of carbonyl (C=O) groups is 1. The molecule has 2 aromatic rings. The van der Waals surface area contributed by atoms with Crippen LogP contribution in [0.15, 0.2) is 28.8 Å². The van der Waals surface area contributed by atoms with E-state index in [4.69, 9.17) is 4.52 Å². The van der Waals surface area contributed by atoms with E-state index in [0.29, 0.717) is 18.0 Å². The van der Waals surface area contributed by atoms with Gasteiger partial charge in [0.15, 0.2) is 0 Å². The molecule has 1 saturated heterocycles. The second-order valence-electron chi connectivity index (χ2n) is 6.92. The van der Waals surface area contributed by atoms with Crippen molar-refractivity contribution in [2.45, 2.75) is 43.9 Å². The number of aliphatic hydroxyl groups excluding tert-OH is 1. The number of hydrogen-bond donors (Lipinski definition) is 2. The summed E-state index contributed by atoms with van der Waals surface area (Å²) in [4.78, 5) is 18.3. The molecule has 1 aromatic heterocycles. The Bertz CT molecular complexity index is 775. The molecule has 138 valence electrons. The number of β-amino-alcohol motifs (C(OH)–C–C–N with tert-alkyl or cyclic N) is 1. The molecule has 2 N–H and O–H groups in total. The van der Waals surface area contributed by atoms with Crippen molar-refractivity contribution < 1.29 is 18.8 Å². The Morgan fingerprint density at radius 3 is 2.85 bits per heavy atom. The van der Waals surface area contributed by atoms with Crippen LogP contribution in [-0.2, 0) is 0 Å². The van der Waals surface area contributed by atoms with E-state index in [9.17, 15) is 14.3 Å². The number of carbonyl (C=O) groups excluding carboxylic acids is 1. The number of benzene rings is 1. The third-order valence-electron chi connectivity index (χ3n) is 4.87. The summed E-state index contributed by atoms with van der Waals surface area (Å²) in [6.07, 6.45) is 3.01. The van der Waals surface area contributed by atoms with Crippen molar-refractivity contribution in [2.75, 3.05) is 13.1 Å². The van der Waals surface area contributed by atoms with Gasteiger partial charge >= 0.3 is 0 Å². The molecule has 0 radical (unpaired) electrons. The third kappa shape index (κ3) is 3.76. The fraction of sp³-hybridized carbons (Fsp3) is 0.500. The topological polar surface area (TPSA) is 91.5 Å². The molecule has 1 aromatic carbocycles. The number of rotatable bonds is 6. The number of hydrogen-bond acceptors (Lipinski definition) is 6. The van der Waals surface area contributed by atoms with Crippen molar-refractivity contribution >= 4 is 5.91 Å². The van der Waals surface area contributed by atoms with Crippen LogP contribution in [0, 0.1) is 5.82 Å². The Morgan fingerprint density at radius 1 is 1.35 bits per heavy atom. The zero-order valence-corrected chi connectivity index (χ0v) is 14.3. The van der Waals surface area contributed by atoms with Gasteiger partial charge in [-0.2, -0.15) is 4.98 Å². The Balaban J connectivity index is 1.42. The predicted molar refractivity (Wildman–Crippen MR) is 89.7 cm³/mol. The van der Waals surface area contributed by atoms with E-state index in [1.807, 2.05) is 0 Å². The summed E-state index contributed by atoms with van der Waals surface area (Å²) in [6.45, 7) is 1.16. The SMILES string of the molecule is O=C(NC1CC1)c1noc(C2CCCN2CC(O)c2ccc(F)cc2)n1. The summed E-state index contributed by atoms with van der Waals surface area (Å²) in [6, 6.07) is 5.94. The van der Waals surface area contributed by atoms with E-state index in [1.54, 1.807) is 12.1 Å². The molecule has 2 unspecified atom stereocenters. The monoisotopic (exact) mass is 360 g/mol. The summed E-state index contributed by atoms with van der Waals surface area (Å²) in [5.74, 6) is -0.186. The molecule has 8 heteroatoms. The minimum absolute atomic E-state index is 0.0535. The van der Waals surface area contributed by atoms with Crippen LogP contribution in [-0.4, -0.2) is 45.2 Å². The average Bonchev–Trinajstić information content (AvgIpc) is 3.11. The molecule has 1 amide bonds. The van der Waals surface area contributed by atoms with Crippen LogP contribution in [0.25, 0.3) is 0 Å². The van der Waals surface area contributed by atoms with Crippen molar-refractivity contribution in [1.82, 2.24) is 20.4 Å². The van der Waals surface area contributed by atoms with Crippen molar-refractivity contribution in [1.29, 1.82) is 0 Å². The van der Waals surface area contributed by atoms with E-state index < -0.39 is 6.10 Å². The normalized spacial score (nSPS) is 21.7. The quantitative estimate of drug-likeness (QED) is 0.818. The highest BCUT2D eigenvalue weighted by Crippen LogP contribution is 2.32. The van der Waals surface area contributed by atoms with Crippen LogP contribution in [0.3, 0.4) is 0 Å². The lowest BCUT2D eigenvalue weighted by atomic mass is 10.1. The van der Waals surface area contributed by atoms with Crippen LogP contribution in [0.4, 0.5) is 4.39 Å². The molecule has 1 saturated carbocycles. The van der Waals surface area contributed by atoms with Gasteiger partial charge in [0, 0.05) is 12.6 Å². The van der Waals surface area contributed by atoms with Crippen LogP contribution < -0.4 is 5.32 Å². The lowest BCUT2D eigenvalue weighted by molar-refractivity contribution is 0.0937. The number of nitrogens with zero attached hydrogens (tertiary/aromatic N) is 3. The molecule has 2 atom stereocenters. The van der Waals surface area contributed by atoms with Gasteiger partial charge in [0.25, 0.3) is 11.7 Å². The fourth-order valence-electron chi connectivity index (χ4n) is 3.28. The average molecular weight is 360 g/mol. The molecular weight excluding hydrogens is 339 g/mol. The smallest absolute Gasteiger partial charge is 0.292 e. The molecule has 2 fully saturated rings. The Kier molecular flexibility index (Phi) is 4.69. The number of aliphatic hydroxyl groups is 1. The maximum Gasteiger partial charge on any atom is 0.292 e. The van der Waals surface area contributed by atoms with Crippen molar-refractivity contribution in [3.05, 3.63) is 47.4 Å². The number of amides is 1. The number of likely N-dealkylation sites (tertiary alicyclic amines) is 1. The zero-order chi connectivity index (χ0) is 18.1. The first-order chi connectivity index (χ1) is 12.6. The minimum Gasteiger partial charge on any atom is -0.387 e. The maximum atomic E-state index is 13.0. The summed E-state index contributed by atoms with van der Waals surface area (Å²) in [5, 5.41) is 17.1. The second-order valence-corrected chi connectivity index (χ2v) is 6.92. The molecule has 26 heavy (non-hydrogen) atoms. The van der Waals surface area contributed by atoms with Crippen molar-refractivity contribution in [3.63, 3.8) is 0 Å². The van der Waals surface area contributed by atoms with Crippen LogP contribution >= 0.6 is 0 Å². The van der Waals surface area contributed by atoms with Gasteiger partial charge in [-0.15, -0.1) is 0 Å². The number of nitrogens with one attached hydrogen (secondary N) is 1. The molecule has 7 nitrogen and oxygen atoms in total. The van der Waals surface area contributed by atoms with Crippen LogP contribution in [0.2, 0.25) is 0 Å². The van der Waals surface area contributed by atoms with E-state index in [1.165, 1.54) is 12.1 Å². The highest BCUT2D eigenvalue weighted by Gasteiger charge is 2.33. The highest BCUT2D eigenvalue weighted by molar-refractivity contribution is 5.90. The lowest BCUT2D eigenvalue weighted by Crippen LogP contribution is -2.29. The molecular formula is C18H21FN4O3. The summed E-state index contributed by atoms with van der Waals surface area (Å²) in [5.41, 5.74) is 0.659. The fourth-order valence-corrected chi connectivity index (χ4v) is 3.28. The van der Waals surface area contributed by atoms with Gasteiger partial charge in [-0.05, 0) is 49.9 Å². The second kappa shape index (κ2) is 7.13. The molecule has 4 rings (SSSR count). The molecule has 1 aliphatic heterocycles. The standard InChI is InChI=1S/C18H21FN4O3/c19-12-5-3-11(4-6-12)15(24)10-23-9-1-2-14(23)18-21-16(22-26-18)17(25)20-13-7-8-13/h3-6,13-15,24H,1-2,7-10H2,(H,20,25). The molecule has 2 aliphatic rings. The first-order valence-corrected chi connectivity index (χ1v) is 8.92. The van der Waals surface area contributed by atoms with E-state index in [-0.39, 0.29) is 29.6 Å². The number of halogens is 1. The van der Waals surface area contributed by atoms with E-state index >= 15 is 0 Å². The molecule has 1 aliphatic carbocycles. The van der Waals surface area contributed by atoms with Crippen LogP contribution in [0.1, 0.15) is 59.9 Å². The van der Waals surface area contributed by atoms with Crippen LogP contribution in [0.5, 0.6) is 0 Å². The van der Waals surface area contributed by atoms with Gasteiger partial charge in [0.2, 0.25) is 5.89 Å². The highest BCUT2D eigenvalue weighted by atomic mass is 19.1. The van der Waals surface area contributed by atoms with Crippen molar-refractivity contribution in [3.8, 4) is 0 Å². The van der Waals surface area contributed by atoms with Gasteiger partial charge in [0.1, 0.15) is 5.82 Å². The van der Waals surface area contributed by atoms with Gasteiger partial charge in [-0.3, -0.25) is 9.69 Å². The van der Waals surface area contributed by atoms with E-state index in [2.05, 4.69) is 20.4 Å². The minimum atomic E-state index is -0.739. The molecule has 0 bridgehead atoms. The summed E-state index contributed by atoms with van der Waals surface area (Å²) < 4.78 is 18.3. The summed E-state index contributed by atoms with van der Waals surface area (Å²) in [7, 11) is 0. The first-order valence-electron chi connectivity index (χ1n) is 8.92. The van der Waals surface area contributed by atoms with Gasteiger partial charge in [-0.25, -0.2) is 4.39 Å². The van der Waals surface area contributed by atoms with Gasteiger partial charge in [-0.1, -0.05) is 17.3 Å². The van der Waals surface area contributed by atoms with E-state index in [0.717, 1.165) is 32.2 Å². The largest absolute Gasteiger partial charge is 0.387 e. The Hall–Kier alpha value is -2.32. The lowest BCUT2D eigenvalue weighted by Gasteiger charge is -2.24. The zero-order valence-electron chi connectivity index (χ0n) is 14.3. The predicted octanol–water partition coefficient (Wildman–Crippen LogP) is 1.97. The first kappa shape index (κ1) is 17.1. The van der Waals surface area contributed by atoms with Gasteiger partial charge < -0.3 is 14.9 Å². The third-order valence-corrected chi connectivity index (χ3v) is 4.87. The molecule has 2 heterocycles. The van der Waals surface area contributed by atoms with Crippen molar-refractivity contribution in [2.24, 2.45) is 0 Å². The summed E-state index contributed by atoms with van der Waals surface area (Å²) >= 11 is 0. The maximum absolute atomic E-state index is 13.0. The Morgan fingerprint density at radius 2 is 2.12 bits per heavy atom.